The number of nitrogens with zero attached hydrogens (tertiary/aromatic N) is 2. The van der Waals surface area contributed by atoms with Crippen LogP contribution in [0.1, 0.15) is 68.0 Å². The molecule has 12 aromatic carbocycles. The molecule has 0 amide bonds. The van der Waals surface area contributed by atoms with E-state index in [2.05, 4.69) is 20.6 Å². The van der Waals surface area contributed by atoms with E-state index in [4.69, 9.17) is 0 Å². The fourth-order valence-corrected chi connectivity index (χ4v) is 18.3. The molecular formula is C90H30F28N6. The highest BCUT2D eigenvalue weighted by molar-refractivity contribution is 6.18. The van der Waals surface area contributed by atoms with Crippen LogP contribution in [-0.4, -0.2) is 18.8 Å². The second-order valence-electron chi connectivity index (χ2n) is 29.1. The highest BCUT2D eigenvalue weighted by atomic mass is 19.2. The SMILES string of the molecule is Fc1c(F)c(F)c(/C2=C3/NC(/C(c4c(F)c(F)c(F)c(F)c4F)=c4\[nH]/c(c5ccccc45)=c4/c5ccccc5n5c(c6ccccc6c45)/C(c4c(F)c(F)c(F)c(F)c4F)=C4\NC(/C(c5c(F)c(F)c(F)c(F)c5F)=c5\[nH]c(c6c(F)c(F)c(F)c(F)c56)=c5c6ccccc6n6c2c2ccccc2c56)c2ccccc24)c2c(F)c(F)c(F)c(F)c23)c(F)c1F. The Bertz CT molecular complexity index is 8450. The molecule has 2 atom stereocenters. The molecule has 0 radical (unpaired) electrons. The van der Waals surface area contributed by atoms with E-state index < -0.39 is 335 Å². The zero-order valence-corrected chi connectivity index (χ0v) is 60.5. The minimum Gasteiger partial charge on any atom is -0.373 e. The van der Waals surface area contributed by atoms with E-state index in [1.54, 1.807) is 0 Å². The molecule has 0 fully saturated rings. The maximum Gasteiger partial charge on any atom is 0.200 e. The lowest BCUT2D eigenvalue weighted by atomic mass is 9.89. The summed E-state index contributed by atoms with van der Waals surface area (Å²) in [7, 11) is 0. The molecule has 3 aliphatic heterocycles. The van der Waals surface area contributed by atoms with Gasteiger partial charge in [-0.1, -0.05) is 133 Å². The zero-order chi connectivity index (χ0) is 87.1. The first-order chi connectivity index (χ1) is 59.3. The molecular weight excluding hydrogens is 1700 g/mol. The summed E-state index contributed by atoms with van der Waals surface area (Å²) in [4.78, 5) is 5.28. The fourth-order valence-electron chi connectivity index (χ4n) is 18.3. The smallest absolute Gasteiger partial charge is 0.200 e. The number of benzene rings is 12. The van der Waals surface area contributed by atoms with Gasteiger partial charge in [-0.25, -0.2) is 123 Å². The summed E-state index contributed by atoms with van der Waals surface area (Å²) in [6.45, 7) is 0. The van der Waals surface area contributed by atoms with E-state index in [1.165, 1.54) is 54.6 Å². The molecule has 16 bridgehead atoms. The largest absolute Gasteiger partial charge is 0.373 e. The number of para-hydroxylation sites is 2. The molecule has 616 valence electrons. The highest BCUT2D eigenvalue weighted by Gasteiger charge is 2.48. The van der Waals surface area contributed by atoms with Crippen LogP contribution in [0.4, 0.5) is 123 Å². The Hall–Kier alpha value is -14.6. The van der Waals surface area contributed by atoms with Crippen LogP contribution in [-0.2, 0) is 0 Å². The summed E-state index contributed by atoms with van der Waals surface area (Å²) in [5, 5.41) is -7.96. The van der Waals surface area contributed by atoms with E-state index in [1.807, 2.05) is 0 Å². The lowest BCUT2D eigenvalue weighted by molar-refractivity contribution is 0.375. The average Bonchev–Trinajstić information content (AvgIpc) is 1.52. The lowest BCUT2D eigenvalue weighted by Gasteiger charge is -2.21. The Morgan fingerprint density at radius 1 is 0.226 bits per heavy atom. The Balaban J connectivity index is 1.12. The number of aromatic amines is 2. The average molecular weight is 1730 g/mol. The van der Waals surface area contributed by atoms with Crippen LogP contribution < -0.4 is 21.3 Å². The number of H-pyrrole nitrogens is 2. The van der Waals surface area contributed by atoms with Crippen LogP contribution in [0.5, 0.6) is 0 Å². The summed E-state index contributed by atoms with van der Waals surface area (Å²) < 4.78 is 484. The van der Waals surface area contributed by atoms with Crippen molar-refractivity contribution in [2.24, 2.45) is 0 Å². The Morgan fingerprint density at radius 2 is 0.524 bits per heavy atom. The molecule has 34 heteroatoms. The minimum absolute atomic E-state index is 0.193. The highest BCUT2D eigenvalue weighted by Crippen LogP contribution is 2.55. The Kier molecular flexibility index (Phi) is 16.4. The normalized spacial score (nSPS) is 17.1. The van der Waals surface area contributed by atoms with Gasteiger partial charge in [-0.05, 0) is 17.7 Å². The topological polar surface area (TPSA) is 64.5 Å². The molecule has 0 spiro atoms. The molecule has 0 saturated carbocycles. The van der Waals surface area contributed by atoms with Gasteiger partial charge >= 0.3 is 0 Å². The minimum atomic E-state index is -3.27. The molecule has 2 unspecified atom stereocenters. The molecule has 6 aromatic heterocycles. The first kappa shape index (κ1) is 76.8. The number of nitrogens with one attached hydrogen (secondary N) is 4. The second kappa shape index (κ2) is 26.5. The van der Waals surface area contributed by atoms with Gasteiger partial charge in [0.1, 0.15) is 0 Å². The van der Waals surface area contributed by atoms with Crippen LogP contribution in [0.25, 0.3) is 110 Å². The van der Waals surface area contributed by atoms with Gasteiger partial charge in [-0.3, -0.25) is 0 Å². The summed E-state index contributed by atoms with van der Waals surface area (Å²) in [5.41, 5.74) is -27.2. The molecule has 21 rings (SSSR count). The zero-order valence-electron chi connectivity index (χ0n) is 60.5. The molecule has 0 aliphatic carbocycles. The van der Waals surface area contributed by atoms with E-state index in [9.17, 15) is 0 Å². The quantitative estimate of drug-likeness (QED) is 0.0806. The number of fused-ring (bicyclic) bond motifs is 8. The van der Waals surface area contributed by atoms with Crippen molar-refractivity contribution in [2.45, 2.75) is 12.1 Å². The van der Waals surface area contributed by atoms with Crippen molar-refractivity contribution in [3.8, 4) is 0 Å². The predicted octanol–water partition coefficient (Wildman–Crippen LogP) is 22.9. The Labute approximate surface area is 667 Å². The molecule has 0 saturated heterocycles. The molecule has 3 aliphatic rings. The monoisotopic (exact) mass is 1730 g/mol. The van der Waals surface area contributed by atoms with Gasteiger partial charge in [-0.15, -0.1) is 0 Å². The van der Waals surface area contributed by atoms with E-state index in [0.29, 0.717) is 4.40 Å². The summed E-state index contributed by atoms with van der Waals surface area (Å²) in [5.74, 6) is -79.4. The van der Waals surface area contributed by atoms with E-state index >= 15 is 123 Å². The van der Waals surface area contributed by atoms with Gasteiger partial charge in [0, 0.05) is 97.9 Å². The van der Waals surface area contributed by atoms with Crippen molar-refractivity contribution in [3.63, 3.8) is 0 Å². The number of hydrogen-bond donors (Lipinski definition) is 4. The summed E-state index contributed by atoms with van der Waals surface area (Å²) in [6, 6.07) is 20.7. The molecule has 18 aromatic rings. The van der Waals surface area contributed by atoms with Gasteiger partial charge < -0.3 is 29.4 Å². The van der Waals surface area contributed by atoms with Gasteiger partial charge in [0.05, 0.1) is 106 Å². The molecule has 4 N–H and O–H groups in total. The van der Waals surface area contributed by atoms with E-state index in [0.717, 1.165) is 95.4 Å². The first-order valence-corrected chi connectivity index (χ1v) is 36.3. The summed E-state index contributed by atoms with van der Waals surface area (Å²) >= 11 is 0. The van der Waals surface area contributed by atoms with Crippen molar-refractivity contribution in [1.29, 1.82) is 0 Å². The molecule has 124 heavy (non-hydrogen) atoms. The number of halogens is 28. The third-order valence-corrected chi connectivity index (χ3v) is 23.2. The number of aromatic nitrogens is 4. The maximum atomic E-state index is 18.4. The van der Waals surface area contributed by atoms with Crippen LogP contribution in [0.15, 0.2) is 146 Å². The number of rotatable bonds is 4. The van der Waals surface area contributed by atoms with Crippen molar-refractivity contribution < 1.29 is 123 Å². The van der Waals surface area contributed by atoms with Gasteiger partial charge in [-0.2, -0.15) is 0 Å². The molecule has 6 nitrogen and oxygen atoms in total. The third-order valence-electron chi connectivity index (χ3n) is 23.2. The Morgan fingerprint density at radius 3 is 0.968 bits per heavy atom. The maximum absolute atomic E-state index is 18.4. The van der Waals surface area contributed by atoms with Gasteiger partial charge in [0.25, 0.3) is 0 Å². The summed E-state index contributed by atoms with van der Waals surface area (Å²) in [6.07, 6.45) is 0. The molecule has 9 heterocycles. The number of hydrogen-bond acceptors (Lipinski definition) is 2. The predicted molar refractivity (Wildman–Crippen MR) is 393 cm³/mol. The van der Waals surface area contributed by atoms with Gasteiger partial charge in [0.2, 0.25) is 23.3 Å². The van der Waals surface area contributed by atoms with Crippen LogP contribution in [0, 0.1) is 184 Å². The van der Waals surface area contributed by atoms with Gasteiger partial charge in [0.15, 0.2) is 140 Å². The van der Waals surface area contributed by atoms with Crippen LogP contribution in [0.2, 0.25) is 0 Å². The second-order valence-corrected chi connectivity index (χ2v) is 29.1. The first-order valence-electron chi connectivity index (χ1n) is 36.3. The van der Waals surface area contributed by atoms with Crippen molar-refractivity contribution in [3.05, 3.63) is 396 Å². The van der Waals surface area contributed by atoms with E-state index in [-0.39, 0.29) is 37.8 Å². The fraction of sp³-hybridized carbons (Fsp3) is 0.0222. The van der Waals surface area contributed by atoms with Crippen molar-refractivity contribution >= 4 is 110 Å². The van der Waals surface area contributed by atoms with Crippen LogP contribution >= 0.6 is 0 Å². The third kappa shape index (κ3) is 9.63. The lowest BCUT2D eigenvalue weighted by Crippen LogP contribution is -2.25. The van der Waals surface area contributed by atoms with Crippen molar-refractivity contribution in [2.75, 3.05) is 0 Å². The van der Waals surface area contributed by atoms with Crippen LogP contribution in [0.3, 0.4) is 0 Å². The standard InChI is InChI=1S/C90H30F28N6/c91-51-39(52(92)64(104)75(115)63(51)103)47-80-26-14-2-1-13-25(26)79(119-80)37-33-21-9-11-23-35(33)123-87(37)29-17-5-7-19-31(29)89(123)49(41-55(95)67(107)77(117)68(108)56(41)96)82-28-16-4-3-15-27(28)81(120-82)48(40-53(93)65(105)76(116)66(106)54(40)94)84-44-43(59(99)71(111)72(112)60(44)100)83(121-84)38-34-22-10-12-24-36(34)124-88(38)30-18-6-8-20-32(30)90(124)50(42-57(97)69(109)78(118)70(110)58(42)98)86-46-45(85(47)122-86)61(101)73(113)74(114)62(46)102/h1-24,81,85,119-122H/b79-37-,80-47-,82-49-,83-38?,84-48-,86-50-. The van der Waals surface area contributed by atoms with Crippen molar-refractivity contribution in [1.82, 2.24) is 29.4 Å².